The summed E-state index contributed by atoms with van der Waals surface area (Å²) < 4.78 is 32.5. The van der Waals surface area contributed by atoms with Gasteiger partial charge in [0.1, 0.15) is 9.90 Å². The second kappa shape index (κ2) is 10.6. The van der Waals surface area contributed by atoms with Crippen LogP contribution in [-0.4, -0.2) is 51.8 Å². The van der Waals surface area contributed by atoms with E-state index in [1.54, 1.807) is 23.6 Å². The van der Waals surface area contributed by atoms with Crippen molar-refractivity contribution >= 4 is 50.5 Å². The first-order chi connectivity index (χ1) is 16.8. The van der Waals surface area contributed by atoms with E-state index in [0.29, 0.717) is 43.2 Å². The van der Waals surface area contributed by atoms with E-state index in [2.05, 4.69) is 15.2 Å². The first-order valence-corrected chi connectivity index (χ1v) is 12.8. The van der Waals surface area contributed by atoms with Crippen LogP contribution >= 0.6 is 11.3 Å². The van der Waals surface area contributed by atoms with E-state index < -0.39 is 20.9 Å². The molecule has 2 aromatic carbocycles. The lowest BCUT2D eigenvalue weighted by Crippen LogP contribution is -2.36. The van der Waals surface area contributed by atoms with Crippen LogP contribution in [0, 0.1) is 10.1 Å². The van der Waals surface area contributed by atoms with Crippen molar-refractivity contribution in [2.75, 3.05) is 35.9 Å². The molecule has 1 fully saturated rings. The first-order valence-electron chi connectivity index (χ1n) is 10.4. The Hall–Kier alpha value is -3.81. The van der Waals surface area contributed by atoms with Crippen molar-refractivity contribution in [3.05, 3.63) is 81.2 Å². The van der Waals surface area contributed by atoms with Crippen LogP contribution in [0.15, 0.2) is 69.3 Å². The van der Waals surface area contributed by atoms with Crippen molar-refractivity contribution in [1.82, 2.24) is 5.43 Å². The molecular formula is C22H21N5O6S2. The summed E-state index contributed by atoms with van der Waals surface area (Å²) in [5, 5.41) is 17.1. The number of carbonyl (C=O) groups excluding carboxylic acids is 1. The summed E-state index contributed by atoms with van der Waals surface area (Å²) >= 11 is 1.10. The quantitative estimate of drug-likeness (QED) is 0.267. The zero-order valence-corrected chi connectivity index (χ0v) is 19.9. The third-order valence-electron chi connectivity index (χ3n) is 5.09. The number of nitro benzene ring substituents is 1. The molecular weight excluding hydrogens is 494 g/mol. The fraction of sp³-hybridized carbons (Fsp3) is 0.182. The van der Waals surface area contributed by atoms with Crippen molar-refractivity contribution < 1.29 is 22.9 Å². The van der Waals surface area contributed by atoms with E-state index in [0.717, 1.165) is 11.3 Å². The monoisotopic (exact) mass is 515 g/mol. The smallest absolute Gasteiger partial charge is 0.293 e. The summed E-state index contributed by atoms with van der Waals surface area (Å²) in [4.78, 5) is 25.4. The fourth-order valence-corrected chi connectivity index (χ4v) is 5.43. The van der Waals surface area contributed by atoms with Crippen LogP contribution in [0.4, 0.5) is 17.1 Å². The minimum Gasteiger partial charge on any atom is -0.378 e. The Morgan fingerprint density at radius 1 is 1.14 bits per heavy atom. The number of rotatable bonds is 8. The van der Waals surface area contributed by atoms with Gasteiger partial charge in [0.2, 0.25) is 0 Å². The van der Waals surface area contributed by atoms with E-state index in [1.165, 1.54) is 42.6 Å². The summed E-state index contributed by atoms with van der Waals surface area (Å²) in [5.74, 6) is -0.520. The topological polar surface area (TPSA) is 143 Å². The molecule has 1 saturated heterocycles. The van der Waals surface area contributed by atoms with Gasteiger partial charge in [-0.1, -0.05) is 12.1 Å². The second-order valence-corrected chi connectivity index (χ2v) is 10.3. The van der Waals surface area contributed by atoms with Gasteiger partial charge in [-0.2, -0.15) is 5.10 Å². The van der Waals surface area contributed by atoms with Gasteiger partial charge in [-0.15, -0.1) is 11.3 Å². The third kappa shape index (κ3) is 6.01. The number of hydrazone groups is 1. The minimum atomic E-state index is -3.68. The molecule has 2 N–H and O–H groups in total. The van der Waals surface area contributed by atoms with Gasteiger partial charge >= 0.3 is 0 Å². The Kier molecular flexibility index (Phi) is 7.39. The number of nitrogens with one attached hydrogen (secondary N) is 2. The van der Waals surface area contributed by atoms with E-state index in [9.17, 15) is 23.3 Å². The zero-order valence-electron chi connectivity index (χ0n) is 18.3. The summed E-state index contributed by atoms with van der Waals surface area (Å²) in [7, 11) is -3.68. The largest absolute Gasteiger partial charge is 0.378 e. The highest BCUT2D eigenvalue weighted by Crippen LogP contribution is 2.29. The maximum absolute atomic E-state index is 12.4. The maximum atomic E-state index is 12.4. The molecule has 0 spiro atoms. The number of anilines is 2. The summed E-state index contributed by atoms with van der Waals surface area (Å²) in [6, 6.07) is 13.7. The number of amides is 1. The van der Waals surface area contributed by atoms with Gasteiger partial charge in [-0.3, -0.25) is 19.6 Å². The SMILES string of the molecule is O=C(N/N=C/c1ccc(N2CCOCC2)c([N+](=O)[O-])c1)c1ccc(NS(=O)(=O)c2cccs2)cc1. The van der Waals surface area contributed by atoms with Gasteiger partial charge in [0.05, 0.1) is 24.4 Å². The molecule has 1 amide bonds. The van der Waals surface area contributed by atoms with Gasteiger partial charge in [0, 0.05) is 36.0 Å². The lowest BCUT2D eigenvalue weighted by Gasteiger charge is -2.28. The number of hydrogen-bond acceptors (Lipinski definition) is 9. The Morgan fingerprint density at radius 3 is 2.54 bits per heavy atom. The van der Waals surface area contributed by atoms with Crippen LogP contribution in [-0.2, 0) is 14.8 Å². The molecule has 2 heterocycles. The molecule has 182 valence electrons. The Balaban J connectivity index is 1.39. The normalized spacial score (nSPS) is 14.1. The van der Waals surface area contributed by atoms with E-state index in [-0.39, 0.29) is 15.5 Å². The van der Waals surface area contributed by atoms with Crippen molar-refractivity contribution in [2.45, 2.75) is 4.21 Å². The molecule has 0 aliphatic carbocycles. The first kappa shape index (κ1) is 24.3. The minimum absolute atomic E-state index is 0.0530. The number of hydrogen-bond donors (Lipinski definition) is 2. The molecule has 3 aromatic rings. The van der Waals surface area contributed by atoms with Gasteiger partial charge in [-0.05, 0) is 41.8 Å². The predicted molar refractivity (Wildman–Crippen MR) is 133 cm³/mol. The van der Waals surface area contributed by atoms with Crippen molar-refractivity contribution in [2.24, 2.45) is 5.10 Å². The molecule has 1 aliphatic rings. The number of carbonyl (C=O) groups is 1. The molecule has 11 nitrogen and oxygen atoms in total. The number of nitrogens with zero attached hydrogens (tertiary/aromatic N) is 3. The predicted octanol–water partition coefficient (Wildman–Crippen LogP) is 3.06. The average Bonchev–Trinajstić information content (AvgIpc) is 3.41. The molecule has 0 radical (unpaired) electrons. The Labute approximate surface area is 205 Å². The van der Waals surface area contributed by atoms with E-state index in [4.69, 9.17) is 4.74 Å². The van der Waals surface area contributed by atoms with Gasteiger partial charge < -0.3 is 9.64 Å². The fourth-order valence-electron chi connectivity index (χ4n) is 3.38. The number of morpholine rings is 1. The number of nitro groups is 1. The molecule has 0 saturated carbocycles. The Morgan fingerprint density at radius 2 is 1.89 bits per heavy atom. The molecule has 0 atom stereocenters. The van der Waals surface area contributed by atoms with Gasteiger partial charge in [0.25, 0.3) is 21.6 Å². The maximum Gasteiger partial charge on any atom is 0.293 e. The van der Waals surface area contributed by atoms with Crippen molar-refractivity contribution in [3.63, 3.8) is 0 Å². The van der Waals surface area contributed by atoms with Crippen LogP contribution in [0.1, 0.15) is 15.9 Å². The van der Waals surface area contributed by atoms with Gasteiger partial charge in [-0.25, -0.2) is 13.8 Å². The zero-order chi connectivity index (χ0) is 24.8. The van der Waals surface area contributed by atoms with Crippen LogP contribution in [0.5, 0.6) is 0 Å². The number of benzene rings is 2. The number of thiophene rings is 1. The van der Waals surface area contributed by atoms with Crippen molar-refractivity contribution in [3.8, 4) is 0 Å². The molecule has 35 heavy (non-hydrogen) atoms. The Bertz CT molecular complexity index is 1340. The summed E-state index contributed by atoms with van der Waals surface area (Å²) in [6.45, 7) is 2.15. The summed E-state index contributed by atoms with van der Waals surface area (Å²) in [6.07, 6.45) is 1.32. The number of ether oxygens (including phenoxy) is 1. The average molecular weight is 516 g/mol. The lowest BCUT2D eigenvalue weighted by molar-refractivity contribution is -0.384. The molecule has 13 heteroatoms. The molecule has 1 aromatic heterocycles. The van der Waals surface area contributed by atoms with Gasteiger partial charge in [0.15, 0.2) is 0 Å². The van der Waals surface area contributed by atoms with Crippen molar-refractivity contribution in [1.29, 1.82) is 0 Å². The highest BCUT2D eigenvalue weighted by Gasteiger charge is 2.21. The standard InChI is InChI=1S/C22H21N5O6S2/c28-22(17-4-6-18(7-5-17)25-35(31,32)21-2-1-13-34-21)24-23-15-16-3-8-19(20(14-16)27(29)30)26-9-11-33-12-10-26/h1-8,13-15,25H,9-12H2,(H,24,28)/b23-15+. The lowest BCUT2D eigenvalue weighted by atomic mass is 10.1. The summed E-state index contributed by atoms with van der Waals surface area (Å²) in [5.41, 5.74) is 3.84. The molecule has 1 aliphatic heterocycles. The molecule has 4 rings (SSSR count). The van der Waals surface area contributed by atoms with Crippen LogP contribution in [0.25, 0.3) is 0 Å². The highest BCUT2D eigenvalue weighted by molar-refractivity contribution is 7.94. The second-order valence-electron chi connectivity index (χ2n) is 7.42. The van der Waals surface area contributed by atoms with E-state index >= 15 is 0 Å². The molecule has 0 unspecified atom stereocenters. The van der Waals surface area contributed by atoms with Crippen LogP contribution in [0.3, 0.4) is 0 Å². The van der Waals surface area contributed by atoms with E-state index in [1.807, 2.05) is 4.90 Å². The van der Waals surface area contributed by atoms with Crippen LogP contribution < -0.4 is 15.0 Å². The number of sulfonamides is 1. The third-order valence-corrected chi connectivity index (χ3v) is 7.87. The van der Waals surface area contributed by atoms with Crippen LogP contribution in [0.2, 0.25) is 0 Å². The molecule has 0 bridgehead atoms. The highest BCUT2D eigenvalue weighted by atomic mass is 32.2.